The maximum atomic E-state index is 12.5. The van der Waals surface area contributed by atoms with Crippen molar-refractivity contribution in [3.63, 3.8) is 0 Å². The fourth-order valence-corrected chi connectivity index (χ4v) is 2.69. The van der Waals surface area contributed by atoms with Gasteiger partial charge in [-0.2, -0.15) is 11.8 Å². The normalized spacial score (nSPS) is 11.9. The standard InChI is InChI=1S/C19H28N2O6S/c1-19(2,3)27-18(24)21-13-8-7-12(11-15(13)25-4)16(22)20-14(9-10-28-6)17(23)26-5/h7-8,11,14H,9-10H2,1-6H3,(H,20,22)(H,21,24)/t14-/m0/s1. The van der Waals surface area contributed by atoms with Gasteiger partial charge in [0.15, 0.2) is 0 Å². The SMILES string of the molecule is COC(=O)[C@H](CCSC)NC(=O)c1ccc(NC(=O)OC(C)(C)C)c(OC)c1. The van der Waals surface area contributed by atoms with Crippen molar-refractivity contribution in [1.82, 2.24) is 5.32 Å². The number of amides is 2. The average molecular weight is 413 g/mol. The number of carbonyl (C=O) groups is 3. The molecule has 0 heterocycles. The lowest BCUT2D eigenvalue weighted by atomic mass is 10.1. The number of nitrogens with one attached hydrogen (secondary N) is 2. The number of methoxy groups -OCH3 is 2. The largest absolute Gasteiger partial charge is 0.495 e. The van der Waals surface area contributed by atoms with Crippen LogP contribution in [0.5, 0.6) is 5.75 Å². The molecular weight excluding hydrogens is 384 g/mol. The van der Waals surface area contributed by atoms with Gasteiger partial charge in [0.2, 0.25) is 0 Å². The van der Waals surface area contributed by atoms with E-state index in [1.807, 2.05) is 6.26 Å². The van der Waals surface area contributed by atoms with Gasteiger partial charge in [-0.15, -0.1) is 0 Å². The van der Waals surface area contributed by atoms with Crippen LogP contribution >= 0.6 is 11.8 Å². The predicted molar refractivity (Wildman–Crippen MR) is 109 cm³/mol. The monoisotopic (exact) mass is 412 g/mol. The van der Waals surface area contributed by atoms with Crippen LogP contribution in [0.1, 0.15) is 37.6 Å². The van der Waals surface area contributed by atoms with Gasteiger partial charge >= 0.3 is 12.1 Å². The number of esters is 1. The highest BCUT2D eigenvalue weighted by atomic mass is 32.2. The molecule has 2 amide bonds. The summed E-state index contributed by atoms with van der Waals surface area (Å²) in [5.41, 5.74) is 0.00133. The van der Waals surface area contributed by atoms with Crippen molar-refractivity contribution in [2.24, 2.45) is 0 Å². The summed E-state index contributed by atoms with van der Waals surface area (Å²) in [4.78, 5) is 36.3. The molecule has 1 rings (SSSR count). The molecule has 8 nitrogen and oxygen atoms in total. The minimum absolute atomic E-state index is 0.282. The molecule has 0 radical (unpaired) electrons. The lowest BCUT2D eigenvalue weighted by Gasteiger charge is -2.20. The van der Waals surface area contributed by atoms with Crippen molar-refractivity contribution in [3.8, 4) is 5.75 Å². The number of anilines is 1. The molecule has 0 aromatic heterocycles. The molecule has 1 aromatic rings. The second-order valence-corrected chi connectivity index (χ2v) is 7.86. The van der Waals surface area contributed by atoms with Crippen LogP contribution in [0, 0.1) is 0 Å². The van der Waals surface area contributed by atoms with Crippen LogP contribution in [0.3, 0.4) is 0 Å². The molecule has 0 spiro atoms. The Morgan fingerprint density at radius 3 is 2.39 bits per heavy atom. The van der Waals surface area contributed by atoms with Crippen molar-refractivity contribution in [1.29, 1.82) is 0 Å². The summed E-state index contributed by atoms with van der Waals surface area (Å²) in [6.07, 6.45) is 1.73. The second kappa shape index (κ2) is 10.8. The summed E-state index contributed by atoms with van der Waals surface area (Å²) in [7, 11) is 2.70. The summed E-state index contributed by atoms with van der Waals surface area (Å²) < 4.78 is 15.2. The Kier molecular flexibility index (Phi) is 9.11. The Morgan fingerprint density at radius 1 is 1.18 bits per heavy atom. The molecule has 0 unspecified atom stereocenters. The topological polar surface area (TPSA) is 103 Å². The van der Waals surface area contributed by atoms with Crippen LogP contribution in [-0.4, -0.2) is 55.8 Å². The van der Waals surface area contributed by atoms with Crippen molar-refractivity contribution >= 4 is 35.4 Å². The highest BCUT2D eigenvalue weighted by molar-refractivity contribution is 7.98. The van der Waals surface area contributed by atoms with Gasteiger partial charge in [-0.05, 0) is 57.4 Å². The van der Waals surface area contributed by atoms with E-state index in [-0.39, 0.29) is 11.3 Å². The highest BCUT2D eigenvalue weighted by Crippen LogP contribution is 2.26. The van der Waals surface area contributed by atoms with E-state index in [0.717, 1.165) is 0 Å². The molecule has 0 aliphatic rings. The Balaban J connectivity index is 2.92. The summed E-state index contributed by atoms with van der Waals surface area (Å²) in [6.45, 7) is 5.27. The summed E-state index contributed by atoms with van der Waals surface area (Å²) >= 11 is 1.57. The Bertz CT molecular complexity index is 702. The van der Waals surface area contributed by atoms with E-state index in [1.54, 1.807) is 32.5 Å². The maximum absolute atomic E-state index is 12.5. The lowest BCUT2D eigenvalue weighted by Crippen LogP contribution is -2.41. The van der Waals surface area contributed by atoms with Crippen molar-refractivity contribution in [3.05, 3.63) is 23.8 Å². The minimum Gasteiger partial charge on any atom is -0.495 e. The van der Waals surface area contributed by atoms with E-state index < -0.39 is 29.6 Å². The van der Waals surface area contributed by atoms with Crippen LogP contribution in [0.2, 0.25) is 0 Å². The molecular formula is C19H28N2O6S. The van der Waals surface area contributed by atoms with E-state index >= 15 is 0 Å². The Labute approximate surface area is 169 Å². The molecule has 0 saturated carbocycles. The Morgan fingerprint density at radius 2 is 1.86 bits per heavy atom. The quantitative estimate of drug-likeness (QED) is 0.633. The maximum Gasteiger partial charge on any atom is 0.412 e. The van der Waals surface area contributed by atoms with Crippen LogP contribution in [0.25, 0.3) is 0 Å². The summed E-state index contributed by atoms with van der Waals surface area (Å²) in [6, 6.07) is 3.79. The van der Waals surface area contributed by atoms with Gasteiger partial charge in [0, 0.05) is 5.56 Å². The molecule has 9 heteroatoms. The molecule has 0 bridgehead atoms. The molecule has 0 aliphatic heterocycles. The zero-order valence-corrected chi connectivity index (χ0v) is 17.9. The van der Waals surface area contributed by atoms with Gasteiger partial charge in [-0.25, -0.2) is 9.59 Å². The molecule has 28 heavy (non-hydrogen) atoms. The fraction of sp³-hybridized carbons (Fsp3) is 0.526. The highest BCUT2D eigenvalue weighted by Gasteiger charge is 2.23. The number of hydrogen-bond acceptors (Lipinski definition) is 7. The fourth-order valence-electron chi connectivity index (χ4n) is 2.22. The first-order valence-corrected chi connectivity index (χ1v) is 10.1. The van der Waals surface area contributed by atoms with Crippen LogP contribution < -0.4 is 15.4 Å². The smallest absolute Gasteiger partial charge is 0.412 e. The number of rotatable bonds is 8. The van der Waals surface area contributed by atoms with E-state index in [0.29, 0.717) is 17.9 Å². The molecule has 0 saturated heterocycles. The third-order valence-corrected chi connectivity index (χ3v) is 4.14. The molecule has 1 atom stereocenters. The number of thioether (sulfide) groups is 1. The van der Waals surface area contributed by atoms with E-state index in [4.69, 9.17) is 14.2 Å². The van der Waals surface area contributed by atoms with Gasteiger partial charge in [0.25, 0.3) is 5.91 Å². The first-order valence-electron chi connectivity index (χ1n) is 8.67. The second-order valence-electron chi connectivity index (χ2n) is 6.87. The zero-order chi connectivity index (χ0) is 21.3. The van der Waals surface area contributed by atoms with Crippen molar-refractivity contribution in [2.45, 2.75) is 38.8 Å². The van der Waals surface area contributed by atoms with E-state index in [2.05, 4.69) is 10.6 Å². The minimum atomic E-state index is -0.740. The van der Waals surface area contributed by atoms with Gasteiger partial charge in [-0.1, -0.05) is 0 Å². The number of ether oxygens (including phenoxy) is 3. The van der Waals surface area contributed by atoms with Gasteiger partial charge in [0.1, 0.15) is 17.4 Å². The van der Waals surface area contributed by atoms with Gasteiger partial charge < -0.3 is 19.5 Å². The third kappa shape index (κ3) is 7.67. The summed E-state index contributed by atoms with van der Waals surface area (Å²) in [5, 5.41) is 5.25. The molecule has 2 N–H and O–H groups in total. The van der Waals surface area contributed by atoms with Crippen LogP contribution in [0.15, 0.2) is 18.2 Å². The van der Waals surface area contributed by atoms with Crippen LogP contribution in [-0.2, 0) is 14.3 Å². The molecule has 0 aliphatic carbocycles. The number of carbonyl (C=O) groups excluding carboxylic acids is 3. The number of benzene rings is 1. The number of hydrogen-bond donors (Lipinski definition) is 2. The van der Waals surface area contributed by atoms with Crippen LogP contribution in [0.4, 0.5) is 10.5 Å². The molecule has 1 aromatic carbocycles. The first-order chi connectivity index (χ1) is 13.1. The predicted octanol–water partition coefficient (Wildman–Crippen LogP) is 3.07. The molecule has 156 valence electrons. The molecule has 0 fully saturated rings. The first kappa shape index (κ1) is 23.6. The lowest BCUT2D eigenvalue weighted by molar-refractivity contribution is -0.142. The van der Waals surface area contributed by atoms with Gasteiger partial charge in [0.05, 0.1) is 19.9 Å². The average Bonchev–Trinajstić information content (AvgIpc) is 2.62. The third-order valence-electron chi connectivity index (χ3n) is 3.50. The van der Waals surface area contributed by atoms with E-state index in [1.165, 1.54) is 32.4 Å². The zero-order valence-electron chi connectivity index (χ0n) is 17.1. The Hall–Kier alpha value is -2.42. The van der Waals surface area contributed by atoms with Crippen molar-refractivity contribution in [2.75, 3.05) is 31.5 Å². The summed E-state index contributed by atoms with van der Waals surface area (Å²) in [5.74, 6) is 0.0377. The van der Waals surface area contributed by atoms with Crippen molar-refractivity contribution < 1.29 is 28.6 Å². The van der Waals surface area contributed by atoms with Gasteiger partial charge in [-0.3, -0.25) is 10.1 Å². The van der Waals surface area contributed by atoms with E-state index in [9.17, 15) is 14.4 Å².